The number of hydrogen-bond acceptors (Lipinski definition) is 4. The molecule has 40 heavy (non-hydrogen) atoms. The Morgan fingerprint density at radius 2 is 1.50 bits per heavy atom. The van der Waals surface area contributed by atoms with Gasteiger partial charge in [0.25, 0.3) is 0 Å². The first-order valence-corrected chi connectivity index (χ1v) is 15.8. The Labute approximate surface area is 246 Å². The number of nitrogens with one attached hydrogen (secondary N) is 1. The molecule has 0 radical (unpaired) electrons. The van der Waals surface area contributed by atoms with Crippen LogP contribution in [0.2, 0.25) is 10.0 Å². The van der Waals surface area contributed by atoms with Crippen LogP contribution in [-0.2, 0) is 32.6 Å². The quantitative estimate of drug-likeness (QED) is 0.316. The molecule has 1 aliphatic carbocycles. The maximum absolute atomic E-state index is 14.1. The first-order chi connectivity index (χ1) is 19.1. The van der Waals surface area contributed by atoms with Crippen molar-refractivity contribution in [3.05, 3.63) is 100 Å². The maximum atomic E-state index is 14.1. The van der Waals surface area contributed by atoms with E-state index in [1.807, 2.05) is 60.7 Å². The van der Waals surface area contributed by atoms with Crippen LogP contribution in [0.4, 0.5) is 5.69 Å². The highest BCUT2D eigenvalue weighted by Crippen LogP contribution is 2.34. The lowest BCUT2D eigenvalue weighted by Gasteiger charge is -2.34. The van der Waals surface area contributed by atoms with Crippen LogP contribution in [0.1, 0.15) is 36.8 Å². The lowest BCUT2D eigenvalue weighted by atomic mass is 10.0. The van der Waals surface area contributed by atoms with Crippen LogP contribution in [0, 0.1) is 0 Å². The lowest BCUT2D eigenvalue weighted by molar-refractivity contribution is -0.140. The third kappa shape index (κ3) is 7.77. The molecule has 4 rings (SSSR count). The van der Waals surface area contributed by atoms with E-state index < -0.39 is 28.5 Å². The van der Waals surface area contributed by atoms with Crippen LogP contribution in [0.3, 0.4) is 0 Å². The molecule has 1 unspecified atom stereocenters. The van der Waals surface area contributed by atoms with E-state index in [0.717, 1.165) is 47.4 Å². The van der Waals surface area contributed by atoms with Crippen LogP contribution in [0.25, 0.3) is 0 Å². The minimum atomic E-state index is -3.94. The Morgan fingerprint density at radius 1 is 0.900 bits per heavy atom. The molecular weight excluding hydrogens is 569 g/mol. The number of rotatable bonds is 11. The molecule has 0 spiro atoms. The predicted octanol–water partition coefficient (Wildman–Crippen LogP) is 5.46. The predicted molar refractivity (Wildman–Crippen MR) is 160 cm³/mol. The number of sulfonamides is 1. The number of carbonyl (C=O) groups excluding carboxylic acids is 2. The fourth-order valence-corrected chi connectivity index (χ4v) is 6.28. The summed E-state index contributed by atoms with van der Waals surface area (Å²) in [6, 6.07) is 22.6. The first-order valence-electron chi connectivity index (χ1n) is 13.2. The molecule has 1 fully saturated rings. The second-order valence-corrected chi connectivity index (χ2v) is 12.7. The van der Waals surface area contributed by atoms with Gasteiger partial charge in [-0.2, -0.15) is 0 Å². The van der Waals surface area contributed by atoms with E-state index in [9.17, 15) is 18.0 Å². The third-order valence-electron chi connectivity index (χ3n) is 7.05. The second kappa shape index (κ2) is 13.5. The molecule has 0 heterocycles. The molecular formula is C30H33Cl2N3O4S. The number of nitrogens with zero attached hydrogens (tertiary/aromatic N) is 2. The Balaban J connectivity index is 1.73. The van der Waals surface area contributed by atoms with E-state index in [2.05, 4.69) is 5.32 Å². The molecule has 3 aromatic carbocycles. The molecule has 1 atom stereocenters. The van der Waals surface area contributed by atoms with Crippen LogP contribution in [-0.4, -0.2) is 50.0 Å². The highest BCUT2D eigenvalue weighted by molar-refractivity contribution is 7.92. The SMILES string of the molecule is CS(=O)(=O)N(CC(=O)N(Cc1ccccc1)C(Cc1ccccc1)C(=O)NC1CCCC1)c1cccc(Cl)c1Cl. The van der Waals surface area contributed by atoms with Gasteiger partial charge in [0, 0.05) is 19.0 Å². The normalized spacial score (nSPS) is 14.5. The van der Waals surface area contributed by atoms with E-state index >= 15 is 0 Å². The van der Waals surface area contributed by atoms with Gasteiger partial charge in [0.2, 0.25) is 21.8 Å². The van der Waals surface area contributed by atoms with Crippen molar-refractivity contribution >= 4 is 50.7 Å². The highest BCUT2D eigenvalue weighted by Gasteiger charge is 2.34. The summed E-state index contributed by atoms with van der Waals surface area (Å²) in [7, 11) is -3.94. The zero-order valence-corrected chi connectivity index (χ0v) is 24.6. The minimum absolute atomic E-state index is 0.0248. The smallest absolute Gasteiger partial charge is 0.244 e. The van der Waals surface area contributed by atoms with Gasteiger partial charge in [-0.25, -0.2) is 8.42 Å². The molecule has 3 aromatic rings. The van der Waals surface area contributed by atoms with Gasteiger partial charge >= 0.3 is 0 Å². The van der Waals surface area contributed by atoms with Gasteiger partial charge in [-0.3, -0.25) is 13.9 Å². The maximum Gasteiger partial charge on any atom is 0.244 e. The molecule has 7 nitrogen and oxygen atoms in total. The van der Waals surface area contributed by atoms with Crippen molar-refractivity contribution in [1.82, 2.24) is 10.2 Å². The molecule has 2 amide bonds. The van der Waals surface area contributed by atoms with Gasteiger partial charge in [0.1, 0.15) is 12.6 Å². The monoisotopic (exact) mass is 601 g/mol. The number of halogens is 2. The summed E-state index contributed by atoms with van der Waals surface area (Å²) < 4.78 is 26.8. The van der Waals surface area contributed by atoms with Gasteiger partial charge in [0.05, 0.1) is 22.0 Å². The average molecular weight is 603 g/mol. The van der Waals surface area contributed by atoms with E-state index in [4.69, 9.17) is 23.2 Å². The van der Waals surface area contributed by atoms with E-state index in [-0.39, 0.29) is 40.6 Å². The first kappa shape index (κ1) is 29.9. The summed E-state index contributed by atoms with van der Waals surface area (Å²) in [6.07, 6.45) is 5.16. The summed E-state index contributed by atoms with van der Waals surface area (Å²) in [5.74, 6) is -0.792. The van der Waals surface area contributed by atoms with Crippen LogP contribution < -0.4 is 9.62 Å². The Kier molecular flexibility index (Phi) is 10.1. The fourth-order valence-electron chi connectivity index (χ4n) is 4.98. The van der Waals surface area contributed by atoms with Crippen molar-refractivity contribution in [3.63, 3.8) is 0 Å². The van der Waals surface area contributed by atoms with Crippen molar-refractivity contribution in [1.29, 1.82) is 0 Å². The number of carbonyl (C=O) groups is 2. The summed E-state index contributed by atoms with van der Waals surface area (Å²) in [6.45, 7) is -0.427. The van der Waals surface area contributed by atoms with Crippen molar-refractivity contribution in [2.45, 2.75) is 50.7 Å². The summed E-state index contributed by atoms with van der Waals surface area (Å²) in [4.78, 5) is 29.4. The number of benzene rings is 3. The van der Waals surface area contributed by atoms with Crippen LogP contribution in [0.15, 0.2) is 78.9 Å². The second-order valence-electron chi connectivity index (χ2n) is 10.0. The Hall–Kier alpha value is -3.07. The Bertz CT molecular complexity index is 1420. The molecule has 212 valence electrons. The van der Waals surface area contributed by atoms with E-state index in [0.29, 0.717) is 0 Å². The van der Waals surface area contributed by atoms with Crippen LogP contribution in [0.5, 0.6) is 0 Å². The molecule has 0 bridgehead atoms. The molecule has 1 saturated carbocycles. The fraction of sp³-hybridized carbons (Fsp3) is 0.333. The largest absolute Gasteiger partial charge is 0.352 e. The minimum Gasteiger partial charge on any atom is -0.352 e. The molecule has 0 aromatic heterocycles. The van der Waals surface area contributed by atoms with Crippen molar-refractivity contribution in [2.75, 3.05) is 17.1 Å². The zero-order valence-electron chi connectivity index (χ0n) is 22.3. The molecule has 1 N–H and O–H groups in total. The van der Waals surface area contributed by atoms with Crippen LogP contribution >= 0.6 is 23.2 Å². The summed E-state index contributed by atoms with van der Waals surface area (Å²) in [5, 5.41) is 3.34. The topological polar surface area (TPSA) is 86.8 Å². The molecule has 0 saturated heterocycles. The molecule has 10 heteroatoms. The highest BCUT2D eigenvalue weighted by atomic mass is 35.5. The van der Waals surface area contributed by atoms with E-state index in [1.54, 1.807) is 12.1 Å². The average Bonchev–Trinajstić information content (AvgIpc) is 3.44. The Morgan fingerprint density at radius 3 is 2.10 bits per heavy atom. The van der Waals surface area contributed by atoms with Crippen molar-refractivity contribution < 1.29 is 18.0 Å². The summed E-state index contributed by atoms with van der Waals surface area (Å²) >= 11 is 12.6. The summed E-state index contributed by atoms with van der Waals surface area (Å²) in [5.41, 5.74) is 1.80. The van der Waals surface area contributed by atoms with Gasteiger partial charge in [-0.15, -0.1) is 0 Å². The molecule has 0 aliphatic heterocycles. The van der Waals surface area contributed by atoms with Gasteiger partial charge < -0.3 is 10.2 Å². The number of hydrogen-bond donors (Lipinski definition) is 1. The van der Waals surface area contributed by atoms with Gasteiger partial charge in [-0.05, 0) is 36.1 Å². The van der Waals surface area contributed by atoms with Crippen molar-refractivity contribution in [3.8, 4) is 0 Å². The van der Waals surface area contributed by atoms with E-state index in [1.165, 1.54) is 11.0 Å². The van der Waals surface area contributed by atoms with Gasteiger partial charge in [0.15, 0.2) is 0 Å². The number of anilines is 1. The standard InChI is InChI=1S/C30H33Cl2N3O4S/c1-40(38,39)35(26-18-10-17-25(31)29(26)32)21-28(36)34(20-23-13-6-3-7-14-23)27(19-22-11-4-2-5-12-22)30(37)33-24-15-8-9-16-24/h2-7,10-14,17-18,24,27H,8-9,15-16,19-21H2,1H3,(H,33,37). The molecule has 1 aliphatic rings. The third-order valence-corrected chi connectivity index (χ3v) is 8.98. The van der Waals surface area contributed by atoms with Gasteiger partial charge in [-0.1, -0.05) is 103 Å². The van der Waals surface area contributed by atoms with Crippen molar-refractivity contribution in [2.24, 2.45) is 0 Å². The lowest BCUT2D eigenvalue weighted by Crippen LogP contribution is -2.54. The zero-order chi connectivity index (χ0) is 28.7. The number of amides is 2.